The van der Waals surface area contributed by atoms with Gasteiger partial charge >= 0.3 is 0 Å². The average molecular weight is 240 g/mol. The summed E-state index contributed by atoms with van der Waals surface area (Å²) in [5.74, 6) is 0.701. The van der Waals surface area contributed by atoms with Gasteiger partial charge in [0.1, 0.15) is 0 Å². The number of carbonyl (C=O) groups is 1. The van der Waals surface area contributed by atoms with E-state index < -0.39 is 0 Å². The van der Waals surface area contributed by atoms with Gasteiger partial charge in [-0.25, -0.2) is 0 Å². The van der Waals surface area contributed by atoms with E-state index in [9.17, 15) is 4.79 Å². The Hall–Kier alpha value is -0.610. The van der Waals surface area contributed by atoms with E-state index in [4.69, 9.17) is 4.74 Å². The van der Waals surface area contributed by atoms with Gasteiger partial charge in [0.2, 0.25) is 5.91 Å². The predicted molar refractivity (Wildman–Crippen MR) is 66.5 cm³/mol. The summed E-state index contributed by atoms with van der Waals surface area (Å²) < 4.78 is 5.53. The van der Waals surface area contributed by atoms with Gasteiger partial charge in [-0.05, 0) is 32.6 Å². The molecule has 1 heterocycles. The summed E-state index contributed by atoms with van der Waals surface area (Å²) in [4.78, 5) is 14.4. The van der Waals surface area contributed by atoms with Gasteiger partial charge in [0, 0.05) is 6.61 Å². The molecule has 2 rings (SSSR count). The van der Waals surface area contributed by atoms with Crippen LogP contribution in [0.4, 0.5) is 0 Å². The molecule has 0 bridgehead atoms. The summed E-state index contributed by atoms with van der Waals surface area (Å²) in [7, 11) is 0. The van der Waals surface area contributed by atoms with Crippen LogP contribution in [0.25, 0.3) is 0 Å². The lowest BCUT2D eigenvalue weighted by atomic mass is 10.0. The van der Waals surface area contributed by atoms with E-state index in [0.717, 1.165) is 12.8 Å². The van der Waals surface area contributed by atoms with Crippen LogP contribution in [0.5, 0.6) is 0 Å². The molecular formula is C13H24N2O2. The minimum atomic E-state index is -0.210. The highest BCUT2D eigenvalue weighted by Crippen LogP contribution is 2.43. The third-order valence-electron chi connectivity index (χ3n) is 3.92. The maximum absolute atomic E-state index is 12.4. The van der Waals surface area contributed by atoms with Crippen molar-refractivity contribution in [2.45, 2.75) is 58.3 Å². The first-order valence-electron chi connectivity index (χ1n) is 6.70. The van der Waals surface area contributed by atoms with Crippen LogP contribution < -0.4 is 5.32 Å². The second-order valence-electron chi connectivity index (χ2n) is 5.59. The lowest BCUT2D eigenvalue weighted by molar-refractivity contribution is -0.135. The minimum Gasteiger partial charge on any atom is -0.380 e. The first-order valence-corrected chi connectivity index (χ1v) is 6.70. The fourth-order valence-electron chi connectivity index (χ4n) is 2.71. The highest BCUT2D eigenvalue weighted by Gasteiger charge is 2.59. The Morgan fingerprint density at radius 3 is 2.59 bits per heavy atom. The zero-order valence-electron chi connectivity index (χ0n) is 11.3. The van der Waals surface area contributed by atoms with Gasteiger partial charge in [-0.15, -0.1) is 0 Å². The van der Waals surface area contributed by atoms with Crippen molar-refractivity contribution in [2.24, 2.45) is 5.92 Å². The summed E-state index contributed by atoms with van der Waals surface area (Å²) in [6.07, 6.45) is 2.12. The van der Waals surface area contributed by atoms with Gasteiger partial charge in [0.05, 0.1) is 24.4 Å². The third-order valence-corrected chi connectivity index (χ3v) is 3.92. The quantitative estimate of drug-likeness (QED) is 0.789. The van der Waals surface area contributed by atoms with Crippen LogP contribution in [-0.4, -0.2) is 41.8 Å². The monoisotopic (exact) mass is 240 g/mol. The topological polar surface area (TPSA) is 41.6 Å². The molecule has 2 aliphatic rings. The predicted octanol–water partition coefficient (Wildman–Crippen LogP) is 1.36. The maximum atomic E-state index is 12.4. The van der Waals surface area contributed by atoms with Crippen LogP contribution in [0, 0.1) is 5.92 Å². The number of ether oxygens (including phenoxy) is 1. The van der Waals surface area contributed by atoms with E-state index in [0.29, 0.717) is 19.1 Å². The van der Waals surface area contributed by atoms with Gasteiger partial charge in [-0.1, -0.05) is 13.8 Å². The van der Waals surface area contributed by atoms with Crippen molar-refractivity contribution >= 4 is 5.91 Å². The summed E-state index contributed by atoms with van der Waals surface area (Å²) in [6.45, 7) is 9.73. The standard InChI is InChI=1S/C13H24N2O2/c1-5-17-8-11(9(2)3)15-10(4)14-13(6-7-13)12(15)16/h9-11,14H,5-8H2,1-4H3. The Labute approximate surface area is 104 Å². The third kappa shape index (κ3) is 2.20. The molecule has 1 N–H and O–H groups in total. The molecule has 4 heteroatoms. The fourth-order valence-corrected chi connectivity index (χ4v) is 2.71. The average Bonchev–Trinajstić information content (AvgIpc) is 2.98. The van der Waals surface area contributed by atoms with Crippen molar-refractivity contribution in [3.05, 3.63) is 0 Å². The number of nitrogens with zero attached hydrogens (tertiary/aromatic N) is 1. The summed E-state index contributed by atoms with van der Waals surface area (Å²) >= 11 is 0. The lowest BCUT2D eigenvalue weighted by Gasteiger charge is -2.33. The molecule has 1 spiro atoms. The Morgan fingerprint density at radius 1 is 1.53 bits per heavy atom. The lowest BCUT2D eigenvalue weighted by Crippen LogP contribution is -2.48. The number of rotatable bonds is 5. The minimum absolute atomic E-state index is 0.137. The van der Waals surface area contributed by atoms with Crippen LogP contribution >= 0.6 is 0 Å². The number of hydrogen-bond acceptors (Lipinski definition) is 3. The van der Waals surface area contributed by atoms with Gasteiger partial charge in [-0.2, -0.15) is 0 Å². The second-order valence-corrected chi connectivity index (χ2v) is 5.59. The Balaban J connectivity index is 2.09. The zero-order valence-corrected chi connectivity index (χ0v) is 11.3. The van der Waals surface area contributed by atoms with E-state index in [1.807, 2.05) is 11.8 Å². The fraction of sp³-hybridized carbons (Fsp3) is 0.923. The Kier molecular flexibility index (Phi) is 3.46. The molecular weight excluding hydrogens is 216 g/mol. The molecule has 4 nitrogen and oxygen atoms in total. The van der Waals surface area contributed by atoms with Gasteiger partial charge in [-0.3, -0.25) is 10.1 Å². The van der Waals surface area contributed by atoms with Crippen LogP contribution in [0.1, 0.15) is 40.5 Å². The molecule has 1 saturated heterocycles. The van der Waals surface area contributed by atoms with Crippen molar-refractivity contribution in [2.75, 3.05) is 13.2 Å². The van der Waals surface area contributed by atoms with Gasteiger partial charge in [0.15, 0.2) is 0 Å². The number of nitrogens with one attached hydrogen (secondary N) is 1. The van der Waals surface area contributed by atoms with Crippen LogP contribution in [0.3, 0.4) is 0 Å². The Morgan fingerprint density at radius 2 is 2.18 bits per heavy atom. The second kappa shape index (κ2) is 4.58. The van der Waals surface area contributed by atoms with E-state index in [1.54, 1.807) is 0 Å². The van der Waals surface area contributed by atoms with Gasteiger partial charge in [0.25, 0.3) is 0 Å². The van der Waals surface area contributed by atoms with Crippen LogP contribution in [0.2, 0.25) is 0 Å². The molecule has 2 unspecified atom stereocenters. The van der Waals surface area contributed by atoms with E-state index in [2.05, 4.69) is 26.1 Å². The first kappa shape index (κ1) is 12.8. The number of hydrogen-bond donors (Lipinski definition) is 1. The van der Waals surface area contributed by atoms with Crippen molar-refractivity contribution in [3.63, 3.8) is 0 Å². The van der Waals surface area contributed by atoms with E-state index in [-0.39, 0.29) is 23.7 Å². The molecule has 0 aromatic heterocycles. The maximum Gasteiger partial charge on any atom is 0.244 e. The molecule has 1 aliphatic carbocycles. The van der Waals surface area contributed by atoms with E-state index in [1.165, 1.54) is 0 Å². The van der Waals surface area contributed by atoms with Crippen LogP contribution in [-0.2, 0) is 9.53 Å². The van der Waals surface area contributed by atoms with Crippen molar-refractivity contribution in [1.82, 2.24) is 10.2 Å². The zero-order chi connectivity index (χ0) is 12.6. The molecule has 98 valence electrons. The summed E-state index contributed by atoms with van der Waals surface area (Å²) in [5, 5.41) is 3.44. The Bertz CT molecular complexity index is 300. The number of amides is 1. The normalized spacial score (nSPS) is 28.2. The van der Waals surface area contributed by atoms with Crippen molar-refractivity contribution in [3.8, 4) is 0 Å². The molecule has 1 amide bonds. The molecule has 2 fully saturated rings. The van der Waals surface area contributed by atoms with E-state index >= 15 is 0 Å². The van der Waals surface area contributed by atoms with Crippen LogP contribution in [0.15, 0.2) is 0 Å². The molecule has 0 aromatic rings. The number of carbonyl (C=O) groups excluding carboxylic acids is 1. The first-order chi connectivity index (χ1) is 8.02. The van der Waals surface area contributed by atoms with Gasteiger partial charge < -0.3 is 9.64 Å². The van der Waals surface area contributed by atoms with Crippen molar-refractivity contribution in [1.29, 1.82) is 0 Å². The highest BCUT2D eigenvalue weighted by molar-refractivity contribution is 5.92. The summed E-state index contributed by atoms with van der Waals surface area (Å²) in [5.41, 5.74) is -0.210. The SMILES string of the molecule is CCOCC(C(C)C)N1C(=O)C2(CC2)NC1C. The molecule has 1 saturated carbocycles. The molecule has 0 aromatic carbocycles. The summed E-state index contributed by atoms with van der Waals surface area (Å²) in [6, 6.07) is 0.185. The molecule has 0 radical (unpaired) electrons. The smallest absolute Gasteiger partial charge is 0.244 e. The molecule has 1 aliphatic heterocycles. The van der Waals surface area contributed by atoms with Crippen molar-refractivity contribution < 1.29 is 9.53 Å². The largest absolute Gasteiger partial charge is 0.380 e. The molecule has 17 heavy (non-hydrogen) atoms. The highest BCUT2D eigenvalue weighted by atomic mass is 16.5. The molecule has 2 atom stereocenters.